The molecule has 1 aromatic heterocycles. The molecule has 3 heterocycles. The Morgan fingerprint density at radius 1 is 1.21 bits per heavy atom. The van der Waals surface area contributed by atoms with Crippen LogP contribution in [0.15, 0.2) is 23.1 Å². The second-order valence-corrected chi connectivity index (χ2v) is 11.2. The van der Waals surface area contributed by atoms with Crippen LogP contribution in [-0.2, 0) is 25.1 Å². The van der Waals surface area contributed by atoms with E-state index < -0.39 is 9.84 Å². The summed E-state index contributed by atoms with van der Waals surface area (Å²) in [4.78, 5) is 15.5. The van der Waals surface area contributed by atoms with Gasteiger partial charge in [0, 0.05) is 43.6 Å². The van der Waals surface area contributed by atoms with Crippen LogP contribution in [0.5, 0.6) is 0 Å². The summed E-state index contributed by atoms with van der Waals surface area (Å²) in [5.41, 5.74) is 3.03. The molecule has 5 rings (SSSR count). The van der Waals surface area contributed by atoms with Crippen molar-refractivity contribution in [1.82, 2.24) is 14.7 Å². The van der Waals surface area contributed by atoms with Gasteiger partial charge < -0.3 is 19.7 Å². The van der Waals surface area contributed by atoms with E-state index in [9.17, 15) is 13.2 Å². The number of aromatic nitrogens is 2. The molecule has 0 atom stereocenters. The fraction of sp³-hybridized carbons (Fsp3) is 0.583. The summed E-state index contributed by atoms with van der Waals surface area (Å²) < 4.78 is 39.1. The lowest BCUT2D eigenvalue weighted by atomic mass is 9.94. The quantitative estimate of drug-likeness (QED) is 0.624. The van der Waals surface area contributed by atoms with Gasteiger partial charge in [0.2, 0.25) is 0 Å². The van der Waals surface area contributed by atoms with Crippen LogP contribution in [0.1, 0.15) is 54.2 Å². The number of sulfone groups is 1. The van der Waals surface area contributed by atoms with Gasteiger partial charge in [0.1, 0.15) is 0 Å². The number of rotatable bonds is 6. The van der Waals surface area contributed by atoms with Crippen molar-refractivity contribution in [1.29, 1.82) is 0 Å². The van der Waals surface area contributed by atoms with Crippen molar-refractivity contribution < 1.29 is 22.7 Å². The van der Waals surface area contributed by atoms with Gasteiger partial charge in [-0.3, -0.25) is 9.48 Å². The van der Waals surface area contributed by atoms with Gasteiger partial charge in [-0.15, -0.1) is 0 Å². The van der Waals surface area contributed by atoms with Gasteiger partial charge in [-0.25, -0.2) is 8.42 Å². The molecular formula is C24H32N4O5S. The predicted octanol–water partition coefficient (Wildman–Crippen LogP) is 2.87. The fourth-order valence-electron chi connectivity index (χ4n) is 5.23. The van der Waals surface area contributed by atoms with Crippen LogP contribution in [0.4, 0.5) is 5.69 Å². The minimum absolute atomic E-state index is 0.160. The van der Waals surface area contributed by atoms with E-state index >= 15 is 0 Å². The molecule has 0 radical (unpaired) electrons. The van der Waals surface area contributed by atoms with Crippen LogP contribution in [0, 0.1) is 0 Å². The highest BCUT2D eigenvalue weighted by Crippen LogP contribution is 2.43. The van der Waals surface area contributed by atoms with Crippen LogP contribution in [0.2, 0.25) is 0 Å². The number of morpholine rings is 1. The first-order chi connectivity index (χ1) is 16.5. The average Bonchev–Trinajstić information content (AvgIpc) is 3.23. The smallest absolute Gasteiger partial charge is 0.274 e. The van der Waals surface area contributed by atoms with Crippen molar-refractivity contribution in [3.05, 3.63) is 29.5 Å². The zero-order valence-corrected chi connectivity index (χ0v) is 20.4. The van der Waals surface area contributed by atoms with Gasteiger partial charge in [0.25, 0.3) is 5.91 Å². The second kappa shape index (κ2) is 9.67. The summed E-state index contributed by atoms with van der Waals surface area (Å²) in [5.74, 6) is -0.411. The summed E-state index contributed by atoms with van der Waals surface area (Å²) in [6, 6.07) is 5.50. The van der Waals surface area contributed by atoms with Crippen molar-refractivity contribution in [3.8, 4) is 11.3 Å². The SMILES string of the molecule is COCCNc1ccc2c(c1)-c1c(c(C(=O)N3CCOCC3)nn1C1CCCCC1)CS2(=O)=O. The molecule has 3 aliphatic rings. The zero-order valence-electron chi connectivity index (χ0n) is 19.6. The molecule has 1 N–H and O–H groups in total. The third-order valence-electron chi connectivity index (χ3n) is 6.97. The van der Waals surface area contributed by atoms with Crippen LogP contribution in [-0.4, -0.2) is 75.6 Å². The average molecular weight is 489 g/mol. The summed E-state index contributed by atoms with van der Waals surface area (Å²) in [6.45, 7) is 3.09. The van der Waals surface area contributed by atoms with Crippen LogP contribution >= 0.6 is 0 Å². The minimum atomic E-state index is -3.60. The number of nitrogens with zero attached hydrogens (tertiary/aromatic N) is 3. The number of hydrogen-bond acceptors (Lipinski definition) is 7. The highest BCUT2D eigenvalue weighted by molar-refractivity contribution is 7.90. The molecule has 34 heavy (non-hydrogen) atoms. The summed E-state index contributed by atoms with van der Waals surface area (Å²) in [7, 11) is -1.96. The normalized spacial score (nSPS) is 20.0. The molecular weight excluding hydrogens is 456 g/mol. The van der Waals surface area contributed by atoms with Crippen LogP contribution in [0.25, 0.3) is 11.3 Å². The van der Waals surface area contributed by atoms with Gasteiger partial charge in [0.15, 0.2) is 15.5 Å². The Labute approximate surface area is 200 Å². The first kappa shape index (κ1) is 23.3. The number of benzene rings is 1. The van der Waals surface area contributed by atoms with E-state index in [0.717, 1.165) is 37.1 Å². The van der Waals surface area contributed by atoms with Crippen molar-refractivity contribution in [2.45, 2.75) is 48.8 Å². The highest BCUT2D eigenvalue weighted by Gasteiger charge is 2.38. The van der Waals surface area contributed by atoms with Crippen molar-refractivity contribution in [2.75, 3.05) is 51.9 Å². The number of ether oxygens (including phenoxy) is 2. The Bertz CT molecular complexity index is 1160. The van der Waals surface area contributed by atoms with Crippen molar-refractivity contribution in [2.24, 2.45) is 0 Å². The maximum atomic E-state index is 13.5. The lowest BCUT2D eigenvalue weighted by molar-refractivity contribution is 0.0297. The van der Waals surface area contributed by atoms with E-state index in [0.29, 0.717) is 55.5 Å². The third kappa shape index (κ3) is 4.34. The Morgan fingerprint density at radius 2 is 1.97 bits per heavy atom. The van der Waals surface area contributed by atoms with E-state index in [2.05, 4.69) is 5.32 Å². The van der Waals surface area contributed by atoms with E-state index in [1.807, 2.05) is 10.7 Å². The number of nitrogens with one attached hydrogen (secondary N) is 1. The molecule has 1 aromatic carbocycles. The van der Waals surface area contributed by atoms with Gasteiger partial charge in [0.05, 0.1) is 42.2 Å². The Hall–Kier alpha value is -2.43. The van der Waals surface area contributed by atoms with Gasteiger partial charge >= 0.3 is 0 Å². The Kier molecular flexibility index (Phi) is 6.63. The summed E-state index contributed by atoms with van der Waals surface area (Å²) in [6.07, 6.45) is 5.37. The molecule has 2 aromatic rings. The predicted molar refractivity (Wildman–Crippen MR) is 128 cm³/mol. The van der Waals surface area contributed by atoms with E-state index in [1.165, 1.54) is 6.42 Å². The number of anilines is 1. The van der Waals surface area contributed by atoms with Crippen LogP contribution in [0.3, 0.4) is 0 Å². The topological polar surface area (TPSA) is 103 Å². The van der Waals surface area contributed by atoms with Gasteiger partial charge in [-0.05, 0) is 31.0 Å². The number of carbonyl (C=O) groups is 1. The van der Waals surface area contributed by atoms with E-state index in [-0.39, 0.29) is 23.4 Å². The van der Waals surface area contributed by atoms with Crippen LogP contribution < -0.4 is 5.32 Å². The van der Waals surface area contributed by atoms with E-state index in [4.69, 9.17) is 14.6 Å². The minimum Gasteiger partial charge on any atom is -0.383 e. The molecule has 0 spiro atoms. The van der Waals surface area contributed by atoms with E-state index in [1.54, 1.807) is 24.1 Å². The molecule has 184 valence electrons. The molecule has 1 amide bonds. The maximum absolute atomic E-state index is 13.5. The Balaban J connectivity index is 1.64. The molecule has 10 heteroatoms. The van der Waals surface area contributed by atoms with Gasteiger partial charge in [-0.1, -0.05) is 19.3 Å². The lowest BCUT2D eigenvalue weighted by Crippen LogP contribution is -2.41. The van der Waals surface area contributed by atoms with Crippen molar-refractivity contribution in [3.63, 3.8) is 0 Å². The maximum Gasteiger partial charge on any atom is 0.274 e. The fourth-order valence-corrected chi connectivity index (χ4v) is 6.81. The molecule has 1 aliphatic carbocycles. The molecule has 0 unspecified atom stereocenters. The lowest BCUT2D eigenvalue weighted by Gasteiger charge is -2.27. The standard InChI is InChI=1S/C24H32N4O5S/c1-32-12-9-25-17-7-8-21-19(15-17)23-20(16-34(21,30)31)22(24(29)27-10-13-33-14-11-27)26-28(23)18-5-3-2-4-6-18/h7-8,15,18,25H,2-6,9-14,16H2,1H3. The zero-order chi connectivity index (χ0) is 23.7. The number of carbonyl (C=O) groups excluding carboxylic acids is 1. The number of amides is 1. The summed E-state index contributed by atoms with van der Waals surface area (Å²) >= 11 is 0. The van der Waals surface area contributed by atoms with Crippen molar-refractivity contribution >= 4 is 21.4 Å². The number of methoxy groups -OCH3 is 1. The second-order valence-electron chi connectivity index (χ2n) is 9.21. The first-order valence-electron chi connectivity index (χ1n) is 12.1. The number of hydrogen-bond donors (Lipinski definition) is 1. The largest absolute Gasteiger partial charge is 0.383 e. The molecule has 2 aliphatic heterocycles. The molecule has 1 saturated carbocycles. The Morgan fingerprint density at radius 3 is 2.71 bits per heavy atom. The molecule has 1 saturated heterocycles. The van der Waals surface area contributed by atoms with Gasteiger partial charge in [-0.2, -0.15) is 5.10 Å². The highest BCUT2D eigenvalue weighted by atomic mass is 32.2. The number of fused-ring (bicyclic) bond motifs is 3. The monoisotopic (exact) mass is 488 g/mol. The molecule has 9 nitrogen and oxygen atoms in total. The molecule has 0 bridgehead atoms. The molecule has 2 fully saturated rings. The first-order valence-corrected chi connectivity index (χ1v) is 13.7. The third-order valence-corrected chi connectivity index (χ3v) is 8.66. The summed E-state index contributed by atoms with van der Waals surface area (Å²) in [5, 5.41) is 8.14.